The highest BCUT2D eigenvalue weighted by molar-refractivity contribution is 4.89. The first kappa shape index (κ1) is 8.79. The van der Waals surface area contributed by atoms with E-state index in [1.165, 1.54) is 12.8 Å². The fourth-order valence-electron chi connectivity index (χ4n) is 1.77. The third kappa shape index (κ3) is 2.33. The van der Waals surface area contributed by atoms with Crippen LogP contribution in [0.15, 0.2) is 12.7 Å². The van der Waals surface area contributed by atoms with Crippen LogP contribution in [0.25, 0.3) is 0 Å². The van der Waals surface area contributed by atoms with E-state index in [9.17, 15) is 5.11 Å². The second-order valence-corrected chi connectivity index (χ2v) is 3.90. The van der Waals surface area contributed by atoms with Crippen LogP contribution in [-0.2, 0) is 0 Å². The molecule has 0 spiro atoms. The lowest BCUT2D eigenvalue weighted by Gasteiger charge is -2.34. The molecule has 0 amide bonds. The van der Waals surface area contributed by atoms with Gasteiger partial charge in [-0.1, -0.05) is 13.0 Å². The van der Waals surface area contributed by atoms with Crippen LogP contribution in [-0.4, -0.2) is 10.7 Å². The van der Waals surface area contributed by atoms with Gasteiger partial charge in [-0.15, -0.1) is 6.58 Å². The second-order valence-electron chi connectivity index (χ2n) is 3.90. The maximum Gasteiger partial charge on any atom is 0.0682 e. The maximum absolute atomic E-state index is 9.92. The van der Waals surface area contributed by atoms with Crippen molar-refractivity contribution in [1.82, 2.24) is 0 Å². The van der Waals surface area contributed by atoms with Crippen LogP contribution >= 0.6 is 0 Å². The highest BCUT2D eigenvalue weighted by atomic mass is 16.3. The van der Waals surface area contributed by atoms with E-state index in [0.717, 1.165) is 25.2 Å². The van der Waals surface area contributed by atoms with Crippen molar-refractivity contribution in [3.05, 3.63) is 12.7 Å². The molecule has 1 aliphatic carbocycles. The molecule has 1 N–H and O–H groups in total. The number of hydrogen-bond donors (Lipinski definition) is 1. The van der Waals surface area contributed by atoms with Gasteiger partial charge in [-0.3, -0.25) is 0 Å². The quantitative estimate of drug-likeness (QED) is 0.606. The Labute approximate surface area is 69.1 Å². The Morgan fingerprint density at radius 2 is 2.09 bits per heavy atom. The molecule has 64 valence electrons. The Morgan fingerprint density at radius 3 is 2.55 bits per heavy atom. The van der Waals surface area contributed by atoms with Gasteiger partial charge in [0.25, 0.3) is 0 Å². The molecule has 0 aromatic rings. The zero-order valence-corrected chi connectivity index (χ0v) is 7.34. The van der Waals surface area contributed by atoms with Gasteiger partial charge >= 0.3 is 0 Å². The molecule has 0 heterocycles. The van der Waals surface area contributed by atoms with Crippen LogP contribution < -0.4 is 0 Å². The first-order valence-corrected chi connectivity index (χ1v) is 4.49. The molecule has 1 rings (SSSR count). The van der Waals surface area contributed by atoms with E-state index in [0.29, 0.717) is 0 Å². The maximum atomic E-state index is 9.92. The monoisotopic (exact) mass is 154 g/mol. The van der Waals surface area contributed by atoms with Crippen molar-refractivity contribution in [2.75, 3.05) is 0 Å². The molecule has 0 radical (unpaired) electrons. The van der Waals surface area contributed by atoms with Gasteiger partial charge in [0.15, 0.2) is 0 Å². The van der Waals surface area contributed by atoms with Crippen LogP contribution in [0.3, 0.4) is 0 Å². The molecule has 0 aromatic carbocycles. The van der Waals surface area contributed by atoms with Gasteiger partial charge in [-0.05, 0) is 38.0 Å². The van der Waals surface area contributed by atoms with Crippen LogP contribution in [0.1, 0.15) is 39.0 Å². The first-order valence-electron chi connectivity index (χ1n) is 4.49. The summed E-state index contributed by atoms with van der Waals surface area (Å²) in [4.78, 5) is 0. The van der Waals surface area contributed by atoms with E-state index in [2.05, 4.69) is 13.5 Å². The number of aliphatic hydroxyl groups is 1. The van der Waals surface area contributed by atoms with Crippen LogP contribution in [0.4, 0.5) is 0 Å². The molecule has 1 heteroatoms. The van der Waals surface area contributed by atoms with Gasteiger partial charge in [-0.25, -0.2) is 0 Å². The molecule has 0 atom stereocenters. The summed E-state index contributed by atoms with van der Waals surface area (Å²) in [6.45, 7) is 5.92. The summed E-state index contributed by atoms with van der Waals surface area (Å²) in [5.74, 6) is 0.806. The minimum Gasteiger partial charge on any atom is -0.390 e. The zero-order valence-electron chi connectivity index (χ0n) is 7.34. The van der Waals surface area contributed by atoms with Crippen molar-refractivity contribution in [3.8, 4) is 0 Å². The summed E-state index contributed by atoms with van der Waals surface area (Å²) in [6, 6.07) is 0. The summed E-state index contributed by atoms with van der Waals surface area (Å²) < 4.78 is 0. The summed E-state index contributed by atoms with van der Waals surface area (Å²) in [5.41, 5.74) is -0.408. The average molecular weight is 154 g/mol. The summed E-state index contributed by atoms with van der Waals surface area (Å²) in [7, 11) is 0. The molecule has 1 fully saturated rings. The van der Waals surface area contributed by atoms with Crippen LogP contribution in [0.5, 0.6) is 0 Å². The molecular weight excluding hydrogens is 136 g/mol. The van der Waals surface area contributed by atoms with E-state index < -0.39 is 5.60 Å². The lowest BCUT2D eigenvalue weighted by molar-refractivity contribution is -0.00426. The fourth-order valence-corrected chi connectivity index (χ4v) is 1.77. The molecule has 11 heavy (non-hydrogen) atoms. The smallest absolute Gasteiger partial charge is 0.0682 e. The van der Waals surface area contributed by atoms with E-state index >= 15 is 0 Å². The zero-order chi connectivity index (χ0) is 8.32. The van der Waals surface area contributed by atoms with Crippen molar-refractivity contribution < 1.29 is 5.11 Å². The van der Waals surface area contributed by atoms with Gasteiger partial charge < -0.3 is 5.11 Å². The first-order chi connectivity index (χ1) is 5.16. The number of rotatable bonds is 2. The SMILES string of the molecule is C=CC[C@]1(O)CC[C@@H](C)CC1. The second kappa shape index (κ2) is 3.40. The van der Waals surface area contributed by atoms with Crippen molar-refractivity contribution in [2.24, 2.45) is 5.92 Å². The molecule has 1 aliphatic rings. The predicted molar refractivity (Wildman–Crippen MR) is 47.4 cm³/mol. The Balaban J connectivity index is 2.41. The highest BCUT2D eigenvalue weighted by Crippen LogP contribution is 2.33. The third-order valence-electron chi connectivity index (χ3n) is 2.73. The van der Waals surface area contributed by atoms with E-state index in [1.54, 1.807) is 0 Å². The van der Waals surface area contributed by atoms with E-state index in [4.69, 9.17) is 0 Å². The van der Waals surface area contributed by atoms with Crippen molar-refractivity contribution in [2.45, 2.75) is 44.6 Å². The minimum atomic E-state index is -0.408. The highest BCUT2D eigenvalue weighted by Gasteiger charge is 2.29. The van der Waals surface area contributed by atoms with Gasteiger partial charge in [0.2, 0.25) is 0 Å². The molecule has 0 unspecified atom stereocenters. The predicted octanol–water partition coefficient (Wildman–Crippen LogP) is 2.50. The van der Waals surface area contributed by atoms with Gasteiger partial charge in [-0.2, -0.15) is 0 Å². The van der Waals surface area contributed by atoms with Gasteiger partial charge in [0.1, 0.15) is 0 Å². The summed E-state index contributed by atoms with van der Waals surface area (Å²) >= 11 is 0. The molecule has 0 bridgehead atoms. The summed E-state index contributed by atoms with van der Waals surface area (Å²) in [6.07, 6.45) is 6.85. The fraction of sp³-hybridized carbons (Fsp3) is 0.800. The lowest BCUT2D eigenvalue weighted by Crippen LogP contribution is -2.32. The number of hydrogen-bond acceptors (Lipinski definition) is 1. The normalized spacial score (nSPS) is 38.5. The Bertz CT molecular complexity index is 132. The van der Waals surface area contributed by atoms with E-state index in [1.807, 2.05) is 6.08 Å². The Hall–Kier alpha value is -0.300. The molecule has 0 aliphatic heterocycles. The minimum absolute atomic E-state index is 0.408. The van der Waals surface area contributed by atoms with Gasteiger partial charge in [0.05, 0.1) is 5.60 Å². The van der Waals surface area contributed by atoms with Crippen molar-refractivity contribution in [3.63, 3.8) is 0 Å². The Morgan fingerprint density at radius 1 is 1.55 bits per heavy atom. The topological polar surface area (TPSA) is 20.2 Å². The van der Waals surface area contributed by atoms with Crippen LogP contribution in [0.2, 0.25) is 0 Å². The van der Waals surface area contributed by atoms with Crippen molar-refractivity contribution in [1.29, 1.82) is 0 Å². The Kier molecular flexibility index (Phi) is 2.72. The average Bonchev–Trinajstić information content (AvgIpc) is 1.97. The summed E-state index contributed by atoms with van der Waals surface area (Å²) in [5, 5.41) is 9.92. The largest absolute Gasteiger partial charge is 0.390 e. The van der Waals surface area contributed by atoms with E-state index in [-0.39, 0.29) is 0 Å². The van der Waals surface area contributed by atoms with Crippen molar-refractivity contribution >= 4 is 0 Å². The molecular formula is C10H18O. The molecule has 0 aromatic heterocycles. The molecule has 0 saturated heterocycles. The molecule has 1 saturated carbocycles. The van der Waals surface area contributed by atoms with Gasteiger partial charge in [0, 0.05) is 0 Å². The lowest BCUT2D eigenvalue weighted by atomic mass is 9.78. The standard InChI is InChI=1S/C10H18O/c1-3-6-10(11)7-4-9(2)5-8-10/h3,9,11H,1,4-8H2,2H3/t9-,10+. The van der Waals surface area contributed by atoms with Crippen LogP contribution in [0, 0.1) is 5.92 Å². The third-order valence-corrected chi connectivity index (χ3v) is 2.73. The molecule has 1 nitrogen and oxygen atoms in total.